The highest BCUT2D eigenvalue weighted by Gasteiger charge is 2.53. The quantitative estimate of drug-likeness (QED) is 0.163. The second-order valence-electron chi connectivity index (χ2n) is 10.1. The SMILES string of the molecule is O=C(NCc1ccccc1)[C@]1(C/C=C/c2ccccc2)N=C(c2ccc(OCCCO)cc2)O[C@@H]1c1ccc(Cl)cc1Cl. The second kappa shape index (κ2) is 14.4. The summed E-state index contributed by atoms with van der Waals surface area (Å²) in [7, 11) is 0. The molecule has 0 bridgehead atoms. The molecule has 0 saturated carbocycles. The van der Waals surface area contributed by atoms with E-state index in [9.17, 15) is 4.79 Å². The van der Waals surface area contributed by atoms with Crippen LogP contribution in [-0.4, -0.2) is 35.7 Å². The van der Waals surface area contributed by atoms with Gasteiger partial charge >= 0.3 is 0 Å². The van der Waals surface area contributed by atoms with Gasteiger partial charge in [0.1, 0.15) is 5.75 Å². The molecule has 8 heteroatoms. The van der Waals surface area contributed by atoms with E-state index >= 15 is 0 Å². The van der Waals surface area contributed by atoms with Gasteiger partial charge in [0.25, 0.3) is 5.91 Å². The zero-order chi connectivity index (χ0) is 30.1. The van der Waals surface area contributed by atoms with Gasteiger partial charge in [-0.15, -0.1) is 0 Å². The lowest BCUT2D eigenvalue weighted by atomic mass is 9.84. The monoisotopic (exact) mass is 614 g/mol. The van der Waals surface area contributed by atoms with Crippen LogP contribution < -0.4 is 10.1 Å². The Kier molecular flexibility index (Phi) is 10.2. The van der Waals surface area contributed by atoms with Gasteiger partial charge in [0.2, 0.25) is 5.90 Å². The highest BCUT2D eigenvalue weighted by atomic mass is 35.5. The van der Waals surface area contributed by atoms with Crippen LogP contribution >= 0.6 is 23.2 Å². The summed E-state index contributed by atoms with van der Waals surface area (Å²) in [6.45, 7) is 0.795. The Balaban J connectivity index is 1.54. The molecule has 1 aliphatic rings. The molecule has 2 N–H and O–H groups in total. The predicted molar refractivity (Wildman–Crippen MR) is 172 cm³/mol. The average Bonchev–Trinajstić information content (AvgIpc) is 3.41. The molecule has 4 aromatic rings. The summed E-state index contributed by atoms with van der Waals surface area (Å²) in [4.78, 5) is 19.3. The summed E-state index contributed by atoms with van der Waals surface area (Å²) >= 11 is 13.0. The van der Waals surface area contributed by atoms with E-state index in [1.165, 1.54) is 0 Å². The van der Waals surface area contributed by atoms with Gasteiger partial charge in [-0.3, -0.25) is 4.79 Å². The van der Waals surface area contributed by atoms with Gasteiger partial charge in [-0.1, -0.05) is 102 Å². The van der Waals surface area contributed by atoms with E-state index in [2.05, 4.69) is 5.32 Å². The Morgan fingerprint density at radius 1 is 0.977 bits per heavy atom. The first kappa shape index (κ1) is 30.4. The van der Waals surface area contributed by atoms with Crippen LogP contribution in [0.4, 0.5) is 0 Å². The van der Waals surface area contributed by atoms with Gasteiger partial charge in [-0.05, 0) is 47.5 Å². The van der Waals surface area contributed by atoms with Crippen molar-refractivity contribution in [1.29, 1.82) is 0 Å². The number of aliphatic hydroxyl groups excluding tert-OH is 1. The summed E-state index contributed by atoms with van der Waals surface area (Å²) < 4.78 is 12.2. The zero-order valence-corrected chi connectivity index (χ0v) is 25.0. The first-order valence-corrected chi connectivity index (χ1v) is 14.8. The molecule has 0 unspecified atom stereocenters. The number of aliphatic hydroxyl groups is 1. The third-order valence-corrected chi connectivity index (χ3v) is 7.67. The Morgan fingerprint density at radius 2 is 1.70 bits per heavy atom. The van der Waals surface area contributed by atoms with Crippen LogP contribution in [0.2, 0.25) is 10.0 Å². The number of benzene rings is 4. The number of hydrogen-bond acceptors (Lipinski definition) is 5. The van der Waals surface area contributed by atoms with Crippen LogP contribution in [0.5, 0.6) is 5.75 Å². The molecular weight excluding hydrogens is 583 g/mol. The number of rotatable bonds is 12. The van der Waals surface area contributed by atoms with Crippen molar-refractivity contribution in [2.75, 3.05) is 13.2 Å². The van der Waals surface area contributed by atoms with E-state index < -0.39 is 11.6 Å². The maximum absolute atomic E-state index is 14.3. The fourth-order valence-corrected chi connectivity index (χ4v) is 5.38. The van der Waals surface area contributed by atoms with E-state index in [1.807, 2.05) is 97.1 Å². The van der Waals surface area contributed by atoms with Gasteiger partial charge < -0.3 is 19.9 Å². The van der Waals surface area contributed by atoms with E-state index in [4.69, 9.17) is 42.8 Å². The van der Waals surface area contributed by atoms with E-state index in [0.29, 0.717) is 52.4 Å². The lowest BCUT2D eigenvalue weighted by molar-refractivity contribution is -0.129. The molecule has 6 nitrogen and oxygen atoms in total. The summed E-state index contributed by atoms with van der Waals surface area (Å²) in [5, 5.41) is 13.0. The summed E-state index contributed by atoms with van der Waals surface area (Å²) in [6.07, 6.45) is 3.88. The van der Waals surface area contributed by atoms with Gasteiger partial charge in [0.15, 0.2) is 11.6 Å². The number of hydrogen-bond donors (Lipinski definition) is 2. The molecule has 1 heterocycles. The van der Waals surface area contributed by atoms with Crippen LogP contribution in [0.3, 0.4) is 0 Å². The number of carbonyl (C=O) groups is 1. The highest BCUT2D eigenvalue weighted by molar-refractivity contribution is 6.35. The summed E-state index contributed by atoms with van der Waals surface area (Å²) in [6, 6.07) is 32.1. The van der Waals surface area contributed by atoms with Crippen molar-refractivity contribution in [2.45, 2.75) is 31.0 Å². The molecule has 2 atom stereocenters. The van der Waals surface area contributed by atoms with Crippen molar-refractivity contribution < 1.29 is 19.4 Å². The topological polar surface area (TPSA) is 80.2 Å². The van der Waals surface area contributed by atoms with Gasteiger partial charge in [0, 0.05) is 47.2 Å². The third kappa shape index (κ3) is 7.46. The number of carbonyl (C=O) groups excluding carboxylic acids is 1. The van der Waals surface area contributed by atoms with Crippen molar-refractivity contribution in [3.05, 3.63) is 142 Å². The van der Waals surface area contributed by atoms with Crippen LogP contribution in [-0.2, 0) is 16.1 Å². The minimum atomic E-state index is -1.37. The minimum absolute atomic E-state index is 0.0600. The first-order valence-electron chi connectivity index (χ1n) is 14.1. The van der Waals surface area contributed by atoms with Crippen molar-refractivity contribution in [1.82, 2.24) is 5.32 Å². The van der Waals surface area contributed by atoms with Crippen molar-refractivity contribution >= 4 is 41.1 Å². The second-order valence-corrected chi connectivity index (χ2v) is 11.0. The molecule has 0 aliphatic carbocycles. The van der Waals surface area contributed by atoms with E-state index in [1.54, 1.807) is 18.2 Å². The molecule has 43 heavy (non-hydrogen) atoms. The fourth-order valence-electron chi connectivity index (χ4n) is 4.88. The van der Waals surface area contributed by atoms with E-state index in [-0.39, 0.29) is 18.9 Å². The molecule has 0 saturated heterocycles. The molecule has 5 rings (SSSR count). The number of nitrogens with one attached hydrogen (secondary N) is 1. The summed E-state index contributed by atoms with van der Waals surface area (Å²) in [5.41, 5.74) is 1.89. The average molecular weight is 616 g/mol. The number of aliphatic imine (C=N–C) groups is 1. The van der Waals surface area contributed by atoms with Crippen LogP contribution in [0.25, 0.3) is 6.08 Å². The molecule has 1 aliphatic heterocycles. The molecule has 4 aromatic carbocycles. The molecule has 1 amide bonds. The Labute approximate surface area is 261 Å². The standard InChI is InChI=1S/C35H32Cl2N2O4/c36-28-16-19-30(31(37)23-28)32-35(20-7-13-25-9-3-1-4-10-25,34(41)38-24-26-11-5-2-6-12-26)39-33(43-32)27-14-17-29(18-15-27)42-22-8-21-40/h1-7,9-19,23,32,40H,8,20-22,24H2,(H,38,41)/b13-7+/t32-,35-/m1/s1. The number of nitrogens with zero attached hydrogens (tertiary/aromatic N) is 1. The zero-order valence-electron chi connectivity index (χ0n) is 23.5. The number of ether oxygens (including phenoxy) is 2. The van der Waals surface area contributed by atoms with E-state index in [0.717, 1.165) is 11.1 Å². The lowest BCUT2D eigenvalue weighted by Crippen LogP contribution is -2.47. The molecule has 0 fully saturated rings. The smallest absolute Gasteiger partial charge is 0.252 e. The predicted octanol–water partition coefficient (Wildman–Crippen LogP) is 7.43. The maximum atomic E-state index is 14.3. The lowest BCUT2D eigenvalue weighted by Gasteiger charge is -2.30. The normalized spacial score (nSPS) is 17.8. The highest BCUT2D eigenvalue weighted by Crippen LogP contribution is 2.45. The number of halogens is 2. The van der Waals surface area contributed by atoms with Crippen molar-refractivity contribution in [2.24, 2.45) is 4.99 Å². The Bertz CT molecular complexity index is 1580. The van der Waals surface area contributed by atoms with Crippen LogP contribution in [0, 0.1) is 0 Å². The van der Waals surface area contributed by atoms with Crippen molar-refractivity contribution in [3.8, 4) is 5.75 Å². The molecule has 0 radical (unpaired) electrons. The molecule has 220 valence electrons. The Hall–Kier alpha value is -4.10. The van der Waals surface area contributed by atoms with Crippen LogP contribution in [0.15, 0.2) is 114 Å². The third-order valence-electron chi connectivity index (χ3n) is 7.11. The fraction of sp³-hybridized carbons (Fsp3) is 0.200. The van der Waals surface area contributed by atoms with Crippen molar-refractivity contribution in [3.63, 3.8) is 0 Å². The first-order chi connectivity index (χ1) is 21.0. The molecule has 0 spiro atoms. The largest absolute Gasteiger partial charge is 0.494 e. The molecular formula is C35H32Cl2N2O4. The Morgan fingerprint density at radius 3 is 2.40 bits per heavy atom. The van der Waals surface area contributed by atoms with Gasteiger partial charge in [-0.25, -0.2) is 4.99 Å². The maximum Gasteiger partial charge on any atom is 0.252 e. The van der Waals surface area contributed by atoms with Gasteiger partial charge in [0.05, 0.1) is 6.61 Å². The summed E-state index contributed by atoms with van der Waals surface area (Å²) in [5.74, 6) is 0.690. The van der Waals surface area contributed by atoms with Crippen LogP contribution in [0.1, 0.15) is 41.2 Å². The number of amides is 1. The minimum Gasteiger partial charge on any atom is -0.494 e. The van der Waals surface area contributed by atoms with Gasteiger partial charge in [-0.2, -0.15) is 0 Å². The molecule has 0 aromatic heterocycles.